The number of rotatable bonds is 4. The van der Waals surface area contributed by atoms with E-state index >= 15 is 0 Å². The van der Waals surface area contributed by atoms with Crippen LogP contribution in [0.2, 0.25) is 0 Å². The predicted molar refractivity (Wildman–Crippen MR) is 74.1 cm³/mol. The number of nitrogens with one attached hydrogen (secondary N) is 1. The van der Waals surface area contributed by atoms with Crippen LogP contribution >= 0.6 is 0 Å². The van der Waals surface area contributed by atoms with Gasteiger partial charge in [0.05, 0.1) is 13.2 Å². The normalized spacial score (nSPS) is 26.7. The highest BCUT2D eigenvalue weighted by atomic mass is 16.5. The monoisotopic (exact) mass is 263 g/mol. The SMILES string of the molecule is COC(=O)C1(Nc2ccccc2)CCCC(OC)C1. The van der Waals surface area contributed by atoms with Crippen LogP contribution in [0.25, 0.3) is 0 Å². The molecule has 0 aliphatic heterocycles. The van der Waals surface area contributed by atoms with Gasteiger partial charge < -0.3 is 14.8 Å². The molecule has 1 aliphatic rings. The Kier molecular flexibility index (Phi) is 4.43. The van der Waals surface area contributed by atoms with Gasteiger partial charge in [-0.3, -0.25) is 0 Å². The molecule has 4 heteroatoms. The highest BCUT2D eigenvalue weighted by Crippen LogP contribution is 2.34. The Morgan fingerprint density at radius 2 is 2.05 bits per heavy atom. The van der Waals surface area contributed by atoms with E-state index in [0.717, 1.165) is 24.9 Å². The molecule has 1 aromatic carbocycles. The Bertz CT molecular complexity index is 421. The number of hydrogen-bond acceptors (Lipinski definition) is 4. The van der Waals surface area contributed by atoms with E-state index in [0.29, 0.717) is 6.42 Å². The zero-order valence-electron chi connectivity index (χ0n) is 11.5. The summed E-state index contributed by atoms with van der Waals surface area (Å²) in [6, 6.07) is 9.77. The fourth-order valence-corrected chi connectivity index (χ4v) is 2.77. The fraction of sp³-hybridized carbons (Fsp3) is 0.533. The predicted octanol–water partition coefficient (Wildman–Crippen LogP) is 2.60. The zero-order valence-corrected chi connectivity index (χ0v) is 11.5. The number of benzene rings is 1. The number of anilines is 1. The summed E-state index contributed by atoms with van der Waals surface area (Å²) in [5.74, 6) is -0.210. The minimum atomic E-state index is -0.672. The molecular formula is C15H21NO3. The molecule has 1 fully saturated rings. The van der Waals surface area contributed by atoms with E-state index in [4.69, 9.17) is 9.47 Å². The van der Waals surface area contributed by atoms with Crippen LogP contribution in [0.3, 0.4) is 0 Å². The number of carbonyl (C=O) groups excluding carboxylic acids is 1. The van der Waals surface area contributed by atoms with Crippen LogP contribution in [0.4, 0.5) is 5.69 Å². The lowest BCUT2D eigenvalue weighted by Gasteiger charge is -2.39. The van der Waals surface area contributed by atoms with Crippen molar-refractivity contribution in [3.05, 3.63) is 30.3 Å². The van der Waals surface area contributed by atoms with Crippen molar-refractivity contribution in [3.8, 4) is 0 Å². The number of ether oxygens (including phenoxy) is 2. The van der Waals surface area contributed by atoms with Gasteiger partial charge in [0.25, 0.3) is 0 Å². The highest BCUT2D eigenvalue weighted by Gasteiger charge is 2.44. The van der Waals surface area contributed by atoms with Crippen LogP contribution in [-0.4, -0.2) is 31.8 Å². The summed E-state index contributed by atoms with van der Waals surface area (Å²) in [4.78, 5) is 12.2. The van der Waals surface area contributed by atoms with Crippen molar-refractivity contribution in [2.75, 3.05) is 19.5 Å². The molecule has 1 aromatic rings. The number of hydrogen-bond donors (Lipinski definition) is 1. The molecule has 0 spiro atoms. The second kappa shape index (κ2) is 6.06. The summed E-state index contributed by atoms with van der Waals surface area (Å²) in [5, 5.41) is 3.35. The van der Waals surface area contributed by atoms with Gasteiger partial charge in [-0.05, 0) is 31.4 Å². The van der Waals surface area contributed by atoms with Gasteiger partial charge in [-0.25, -0.2) is 4.79 Å². The lowest BCUT2D eigenvalue weighted by atomic mass is 9.79. The molecular weight excluding hydrogens is 242 g/mol. The van der Waals surface area contributed by atoms with Gasteiger partial charge >= 0.3 is 5.97 Å². The highest BCUT2D eigenvalue weighted by molar-refractivity contribution is 5.84. The maximum Gasteiger partial charge on any atom is 0.331 e. The minimum absolute atomic E-state index is 0.101. The molecule has 0 saturated heterocycles. The van der Waals surface area contributed by atoms with Crippen molar-refractivity contribution >= 4 is 11.7 Å². The van der Waals surface area contributed by atoms with Crippen molar-refractivity contribution in [2.24, 2.45) is 0 Å². The third-order valence-corrected chi connectivity index (χ3v) is 3.77. The second-order valence-electron chi connectivity index (χ2n) is 5.02. The Balaban J connectivity index is 2.22. The van der Waals surface area contributed by atoms with Crippen LogP contribution in [0.15, 0.2) is 30.3 Å². The van der Waals surface area contributed by atoms with Gasteiger partial charge in [-0.15, -0.1) is 0 Å². The molecule has 1 saturated carbocycles. The third-order valence-electron chi connectivity index (χ3n) is 3.77. The Labute approximate surface area is 114 Å². The van der Waals surface area contributed by atoms with E-state index in [1.165, 1.54) is 7.11 Å². The Morgan fingerprint density at radius 1 is 1.32 bits per heavy atom. The van der Waals surface area contributed by atoms with Crippen LogP contribution in [0.5, 0.6) is 0 Å². The zero-order chi connectivity index (χ0) is 13.7. The summed E-state index contributed by atoms with van der Waals surface area (Å²) in [6.07, 6.45) is 3.46. The smallest absolute Gasteiger partial charge is 0.331 e. The lowest BCUT2D eigenvalue weighted by Crippen LogP contribution is -2.52. The summed E-state index contributed by atoms with van der Waals surface area (Å²) < 4.78 is 10.4. The fourth-order valence-electron chi connectivity index (χ4n) is 2.77. The molecule has 0 aromatic heterocycles. The Morgan fingerprint density at radius 3 is 2.68 bits per heavy atom. The molecule has 1 N–H and O–H groups in total. The average molecular weight is 263 g/mol. The topological polar surface area (TPSA) is 47.6 Å². The van der Waals surface area contributed by atoms with Gasteiger partial charge in [-0.1, -0.05) is 18.2 Å². The quantitative estimate of drug-likeness (QED) is 0.848. The van der Waals surface area contributed by atoms with E-state index in [9.17, 15) is 4.79 Å². The molecule has 2 unspecified atom stereocenters. The first-order valence-electron chi connectivity index (χ1n) is 6.64. The van der Waals surface area contributed by atoms with Crippen molar-refractivity contribution in [2.45, 2.75) is 37.3 Å². The van der Waals surface area contributed by atoms with Gasteiger partial charge in [0, 0.05) is 19.2 Å². The molecule has 0 heterocycles. The van der Waals surface area contributed by atoms with Gasteiger partial charge in [-0.2, -0.15) is 0 Å². The summed E-state index contributed by atoms with van der Waals surface area (Å²) in [7, 11) is 3.13. The molecule has 0 radical (unpaired) electrons. The van der Waals surface area contributed by atoms with E-state index in [2.05, 4.69) is 5.32 Å². The maximum atomic E-state index is 12.2. The average Bonchev–Trinajstić information content (AvgIpc) is 2.47. The maximum absolute atomic E-state index is 12.2. The second-order valence-corrected chi connectivity index (χ2v) is 5.02. The number of carbonyl (C=O) groups is 1. The first-order chi connectivity index (χ1) is 9.20. The van der Waals surface area contributed by atoms with Crippen molar-refractivity contribution in [3.63, 3.8) is 0 Å². The van der Waals surface area contributed by atoms with Gasteiger partial charge in [0.1, 0.15) is 5.54 Å². The van der Waals surface area contributed by atoms with Crippen molar-refractivity contribution in [1.82, 2.24) is 0 Å². The summed E-state index contributed by atoms with van der Waals surface area (Å²) >= 11 is 0. The van der Waals surface area contributed by atoms with E-state index in [1.54, 1.807) is 7.11 Å². The molecule has 0 bridgehead atoms. The minimum Gasteiger partial charge on any atom is -0.467 e. The van der Waals surface area contributed by atoms with Gasteiger partial charge in [0.15, 0.2) is 0 Å². The van der Waals surface area contributed by atoms with Crippen LogP contribution in [0, 0.1) is 0 Å². The molecule has 4 nitrogen and oxygen atoms in total. The van der Waals surface area contributed by atoms with E-state index in [1.807, 2.05) is 30.3 Å². The molecule has 2 atom stereocenters. The number of esters is 1. The number of para-hydroxylation sites is 1. The van der Waals surface area contributed by atoms with Crippen LogP contribution < -0.4 is 5.32 Å². The summed E-state index contributed by atoms with van der Waals surface area (Å²) in [6.45, 7) is 0. The van der Waals surface area contributed by atoms with E-state index in [-0.39, 0.29) is 12.1 Å². The molecule has 0 amide bonds. The largest absolute Gasteiger partial charge is 0.467 e. The van der Waals surface area contributed by atoms with Crippen LogP contribution in [0.1, 0.15) is 25.7 Å². The first kappa shape index (κ1) is 13.9. The third kappa shape index (κ3) is 3.07. The molecule has 19 heavy (non-hydrogen) atoms. The standard InChI is InChI=1S/C15H21NO3/c1-18-13-9-6-10-15(11-13,14(17)19-2)16-12-7-4-3-5-8-12/h3-5,7-8,13,16H,6,9-11H2,1-2H3. The van der Waals surface area contributed by atoms with Crippen molar-refractivity contribution < 1.29 is 14.3 Å². The van der Waals surface area contributed by atoms with Crippen LogP contribution in [-0.2, 0) is 14.3 Å². The lowest BCUT2D eigenvalue weighted by molar-refractivity contribution is -0.149. The van der Waals surface area contributed by atoms with Crippen molar-refractivity contribution in [1.29, 1.82) is 0 Å². The molecule has 1 aliphatic carbocycles. The molecule has 104 valence electrons. The molecule has 2 rings (SSSR count). The van der Waals surface area contributed by atoms with Gasteiger partial charge in [0.2, 0.25) is 0 Å². The summed E-state index contributed by atoms with van der Waals surface area (Å²) in [5.41, 5.74) is 0.263. The number of methoxy groups -OCH3 is 2. The van der Waals surface area contributed by atoms with E-state index < -0.39 is 5.54 Å². The first-order valence-corrected chi connectivity index (χ1v) is 6.64. The Hall–Kier alpha value is -1.55.